The highest BCUT2D eigenvalue weighted by molar-refractivity contribution is 9.10. The molecule has 3 nitrogen and oxygen atoms in total. The van der Waals surface area contributed by atoms with Crippen LogP contribution in [0.2, 0.25) is 0 Å². The number of fused-ring (bicyclic) bond motifs is 1. The number of para-hydroxylation sites is 1. The van der Waals surface area contributed by atoms with Crippen LogP contribution in [0.5, 0.6) is 0 Å². The van der Waals surface area contributed by atoms with Crippen LogP contribution < -0.4 is 0 Å². The first-order valence-corrected chi connectivity index (χ1v) is 6.36. The lowest BCUT2D eigenvalue weighted by molar-refractivity contribution is 0.925. The van der Waals surface area contributed by atoms with Gasteiger partial charge < -0.3 is 9.97 Å². The summed E-state index contributed by atoms with van der Waals surface area (Å²) in [5.74, 6) is 0. The Morgan fingerprint density at radius 1 is 1.12 bits per heavy atom. The van der Waals surface area contributed by atoms with Gasteiger partial charge in [-0.25, -0.2) is 4.98 Å². The molecular weight excluding hydrogens is 278 g/mol. The van der Waals surface area contributed by atoms with Gasteiger partial charge in [0.05, 0.1) is 6.33 Å². The number of imidazole rings is 1. The summed E-state index contributed by atoms with van der Waals surface area (Å²) in [6.07, 6.45) is 5.77. The molecule has 0 atom stereocenters. The monoisotopic (exact) mass is 289 g/mol. The van der Waals surface area contributed by atoms with Crippen LogP contribution in [-0.2, 0) is 12.8 Å². The summed E-state index contributed by atoms with van der Waals surface area (Å²) in [5, 5.41) is 1.31. The van der Waals surface area contributed by atoms with Crippen molar-refractivity contribution < 1.29 is 0 Å². The van der Waals surface area contributed by atoms with Crippen LogP contribution in [0.25, 0.3) is 10.9 Å². The van der Waals surface area contributed by atoms with E-state index >= 15 is 0 Å². The van der Waals surface area contributed by atoms with E-state index in [4.69, 9.17) is 0 Å². The molecule has 0 fully saturated rings. The van der Waals surface area contributed by atoms with Gasteiger partial charge in [-0.2, -0.15) is 0 Å². The largest absolute Gasteiger partial charge is 0.361 e. The lowest BCUT2D eigenvalue weighted by Crippen LogP contribution is -1.91. The van der Waals surface area contributed by atoms with Crippen LogP contribution in [-0.4, -0.2) is 15.0 Å². The van der Waals surface area contributed by atoms with E-state index < -0.39 is 0 Å². The van der Waals surface area contributed by atoms with Crippen LogP contribution in [0, 0.1) is 0 Å². The maximum Gasteiger partial charge on any atom is 0.127 e. The molecule has 0 radical (unpaired) electrons. The number of aromatic amines is 2. The molecule has 4 heteroatoms. The van der Waals surface area contributed by atoms with E-state index in [2.05, 4.69) is 55.3 Å². The number of nitrogens with one attached hydrogen (secondary N) is 2. The van der Waals surface area contributed by atoms with E-state index in [9.17, 15) is 0 Å². The fourth-order valence-electron chi connectivity index (χ4n) is 2.08. The van der Waals surface area contributed by atoms with Gasteiger partial charge in [0.15, 0.2) is 0 Å². The van der Waals surface area contributed by atoms with Gasteiger partial charge in [0.2, 0.25) is 0 Å². The average Bonchev–Trinajstić information content (AvgIpc) is 2.93. The first kappa shape index (κ1) is 10.6. The highest BCUT2D eigenvalue weighted by atomic mass is 79.9. The molecule has 0 spiro atoms. The lowest BCUT2D eigenvalue weighted by Gasteiger charge is -1.98. The molecule has 0 aliphatic rings. The van der Waals surface area contributed by atoms with Gasteiger partial charge in [0.1, 0.15) is 4.60 Å². The molecule has 17 heavy (non-hydrogen) atoms. The van der Waals surface area contributed by atoms with Crippen LogP contribution in [0.1, 0.15) is 11.3 Å². The van der Waals surface area contributed by atoms with Crippen LogP contribution in [0.15, 0.2) is 41.4 Å². The predicted molar refractivity (Wildman–Crippen MR) is 72.0 cm³/mol. The maximum absolute atomic E-state index is 4.13. The van der Waals surface area contributed by atoms with Crippen molar-refractivity contribution in [1.82, 2.24) is 15.0 Å². The zero-order chi connectivity index (χ0) is 11.7. The molecule has 0 unspecified atom stereocenters. The van der Waals surface area contributed by atoms with Crippen molar-refractivity contribution in [3.63, 3.8) is 0 Å². The van der Waals surface area contributed by atoms with E-state index in [1.807, 2.05) is 6.07 Å². The lowest BCUT2D eigenvalue weighted by atomic mass is 10.1. The van der Waals surface area contributed by atoms with Gasteiger partial charge in [-0.05, 0) is 40.4 Å². The van der Waals surface area contributed by atoms with Crippen LogP contribution >= 0.6 is 15.9 Å². The standard InChI is InChI=1S/C13H12BrN3/c14-13-12(16-8-17-13)6-5-9-7-15-11-4-2-1-3-10(9)11/h1-4,7-8,15H,5-6H2,(H,16,17). The first-order valence-electron chi connectivity index (χ1n) is 5.57. The number of hydrogen-bond donors (Lipinski definition) is 2. The molecule has 0 aliphatic carbocycles. The number of aromatic nitrogens is 3. The van der Waals surface area contributed by atoms with Gasteiger partial charge in [-0.3, -0.25) is 0 Å². The molecule has 3 aromatic rings. The Morgan fingerprint density at radius 3 is 2.82 bits per heavy atom. The molecule has 0 saturated heterocycles. The number of hydrogen-bond acceptors (Lipinski definition) is 1. The third-order valence-corrected chi connectivity index (χ3v) is 3.67. The van der Waals surface area contributed by atoms with Crippen molar-refractivity contribution in [1.29, 1.82) is 0 Å². The number of nitrogens with zero attached hydrogens (tertiary/aromatic N) is 1. The minimum Gasteiger partial charge on any atom is -0.361 e. The normalized spacial score (nSPS) is 11.1. The van der Waals surface area contributed by atoms with Gasteiger partial charge in [-0.1, -0.05) is 18.2 Å². The van der Waals surface area contributed by atoms with Crippen LogP contribution in [0.3, 0.4) is 0 Å². The third kappa shape index (κ3) is 2.00. The number of rotatable bonds is 3. The molecule has 0 amide bonds. The Kier molecular flexibility index (Phi) is 2.73. The number of benzene rings is 1. The topological polar surface area (TPSA) is 44.5 Å². The summed E-state index contributed by atoms with van der Waals surface area (Å²) in [6.45, 7) is 0. The summed E-state index contributed by atoms with van der Waals surface area (Å²) in [6, 6.07) is 8.38. The molecular formula is C13H12BrN3. The third-order valence-electron chi connectivity index (χ3n) is 2.98. The minimum atomic E-state index is 0.914. The van der Waals surface area contributed by atoms with Crippen molar-refractivity contribution in [3.8, 4) is 0 Å². The zero-order valence-corrected chi connectivity index (χ0v) is 10.8. The Morgan fingerprint density at radius 2 is 2.00 bits per heavy atom. The van der Waals surface area contributed by atoms with E-state index in [-0.39, 0.29) is 0 Å². The van der Waals surface area contributed by atoms with Crippen molar-refractivity contribution in [2.45, 2.75) is 12.8 Å². The van der Waals surface area contributed by atoms with Crippen molar-refractivity contribution >= 4 is 26.8 Å². The maximum atomic E-state index is 4.13. The summed E-state index contributed by atoms with van der Waals surface area (Å²) < 4.78 is 0.914. The van der Waals surface area contributed by atoms with E-state index in [0.29, 0.717) is 0 Å². The van der Waals surface area contributed by atoms with Crippen molar-refractivity contribution in [2.24, 2.45) is 0 Å². The highest BCUT2D eigenvalue weighted by Crippen LogP contribution is 2.20. The van der Waals surface area contributed by atoms with Gasteiger partial charge in [0, 0.05) is 22.8 Å². The van der Waals surface area contributed by atoms with Gasteiger partial charge in [0.25, 0.3) is 0 Å². The Labute approximate surface area is 107 Å². The number of H-pyrrole nitrogens is 2. The first-order chi connectivity index (χ1) is 8.34. The summed E-state index contributed by atoms with van der Waals surface area (Å²) >= 11 is 3.43. The molecule has 2 heterocycles. The van der Waals surface area contributed by atoms with Crippen LogP contribution in [0.4, 0.5) is 0 Å². The summed E-state index contributed by atoms with van der Waals surface area (Å²) in [7, 11) is 0. The molecule has 3 rings (SSSR count). The molecule has 1 aromatic carbocycles. The quantitative estimate of drug-likeness (QED) is 0.762. The number of aryl methyl sites for hydroxylation is 2. The second kappa shape index (κ2) is 4.37. The highest BCUT2D eigenvalue weighted by Gasteiger charge is 2.06. The Bertz CT molecular complexity index is 639. The van der Waals surface area contributed by atoms with Gasteiger partial charge in [-0.15, -0.1) is 0 Å². The fourth-order valence-corrected chi connectivity index (χ4v) is 2.49. The van der Waals surface area contributed by atoms with E-state index in [0.717, 1.165) is 23.1 Å². The molecule has 0 saturated carbocycles. The number of halogens is 1. The SMILES string of the molecule is Brc1nc[nH]c1CCc1c[nH]c2ccccc12. The molecule has 2 aromatic heterocycles. The van der Waals surface area contributed by atoms with Crippen molar-refractivity contribution in [2.75, 3.05) is 0 Å². The summed E-state index contributed by atoms with van der Waals surface area (Å²) in [5.41, 5.74) is 3.70. The molecule has 0 aliphatic heterocycles. The Hall–Kier alpha value is -1.55. The molecule has 86 valence electrons. The molecule has 0 bridgehead atoms. The van der Waals surface area contributed by atoms with Gasteiger partial charge >= 0.3 is 0 Å². The van der Waals surface area contributed by atoms with Crippen molar-refractivity contribution in [3.05, 3.63) is 52.7 Å². The molecule has 2 N–H and O–H groups in total. The average molecular weight is 290 g/mol. The zero-order valence-electron chi connectivity index (χ0n) is 9.20. The van der Waals surface area contributed by atoms with E-state index in [1.165, 1.54) is 16.5 Å². The second-order valence-corrected chi connectivity index (χ2v) is 4.78. The smallest absolute Gasteiger partial charge is 0.127 e. The second-order valence-electron chi connectivity index (χ2n) is 4.03. The Balaban J connectivity index is 1.84. The fraction of sp³-hybridized carbons (Fsp3) is 0.154. The van der Waals surface area contributed by atoms with E-state index in [1.54, 1.807) is 6.33 Å². The minimum absolute atomic E-state index is 0.914. The summed E-state index contributed by atoms with van der Waals surface area (Å²) in [4.78, 5) is 10.6. The predicted octanol–water partition coefficient (Wildman–Crippen LogP) is 3.44.